The van der Waals surface area contributed by atoms with Gasteiger partial charge >= 0.3 is 0 Å². The predicted octanol–water partition coefficient (Wildman–Crippen LogP) is 4.04. The summed E-state index contributed by atoms with van der Waals surface area (Å²) in [4.78, 5) is 0. The molecule has 4 aromatic rings. The number of benzene rings is 4. The van der Waals surface area contributed by atoms with E-state index in [-0.39, 0.29) is 0 Å². The van der Waals surface area contributed by atoms with Crippen LogP contribution in [0.5, 0.6) is 0 Å². The molecule has 0 fully saturated rings. The predicted molar refractivity (Wildman–Crippen MR) is 79.3 cm³/mol. The number of nitrogens with two attached hydrogens (primary N) is 1. The molecule has 0 unspecified atom stereocenters. The lowest BCUT2D eigenvalue weighted by molar-refractivity contribution is 1.50. The average molecular weight is 242 g/mol. The quantitative estimate of drug-likeness (QED) is 0.373. The monoisotopic (exact) mass is 242 g/mol. The van der Waals surface area contributed by atoms with Gasteiger partial charge in [-0.05, 0) is 56.6 Å². The van der Waals surface area contributed by atoms with E-state index in [2.05, 4.69) is 30.3 Å². The molecule has 4 aromatic carbocycles. The second kappa shape index (κ2) is 3.37. The largest absolute Gasteiger partial charge is 0.399 e. The molecule has 0 saturated carbocycles. The Morgan fingerprint density at radius 1 is 0.737 bits per heavy atom. The zero-order chi connectivity index (χ0) is 13.0. The van der Waals surface area contributed by atoms with Crippen LogP contribution in [0.2, 0.25) is 0 Å². The number of nitrogens with zero attached hydrogens (tertiary/aromatic N) is 1. The Kier molecular flexibility index (Phi) is 1.80. The van der Waals surface area contributed by atoms with Crippen molar-refractivity contribution in [1.29, 1.82) is 5.26 Å². The fraction of sp³-hybridized carbons (Fsp3) is 0. The van der Waals surface area contributed by atoms with Gasteiger partial charge in [0.2, 0.25) is 0 Å². The van der Waals surface area contributed by atoms with Gasteiger partial charge < -0.3 is 5.73 Å². The van der Waals surface area contributed by atoms with Gasteiger partial charge in [0.1, 0.15) is 0 Å². The van der Waals surface area contributed by atoms with Gasteiger partial charge in [-0.25, -0.2) is 0 Å². The third kappa shape index (κ3) is 1.30. The Morgan fingerprint density at radius 2 is 1.16 bits per heavy atom. The van der Waals surface area contributed by atoms with Crippen molar-refractivity contribution in [3.8, 4) is 6.07 Å². The first kappa shape index (κ1) is 10.2. The Balaban J connectivity index is 2.36. The van der Waals surface area contributed by atoms with Gasteiger partial charge in [-0.1, -0.05) is 24.3 Å². The molecular weight excluding hydrogens is 232 g/mol. The van der Waals surface area contributed by atoms with E-state index in [0.29, 0.717) is 5.56 Å². The minimum atomic E-state index is 0.699. The lowest BCUT2D eigenvalue weighted by Gasteiger charge is -2.11. The minimum absolute atomic E-state index is 0.699. The Morgan fingerprint density at radius 3 is 1.58 bits per heavy atom. The first-order chi connectivity index (χ1) is 9.26. The summed E-state index contributed by atoms with van der Waals surface area (Å²) in [5.41, 5.74) is 7.41. The van der Waals surface area contributed by atoms with Crippen LogP contribution in [-0.2, 0) is 0 Å². The Hall–Kier alpha value is -2.79. The molecule has 0 radical (unpaired) electrons. The molecule has 0 aromatic heterocycles. The highest BCUT2D eigenvalue weighted by molar-refractivity contribution is 6.23. The summed E-state index contributed by atoms with van der Waals surface area (Å²) in [7, 11) is 0. The van der Waals surface area contributed by atoms with Crippen LogP contribution in [0.4, 0.5) is 5.69 Å². The molecule has 0 amide bonds. The van der Waals surface area contributed by atoms with Gasteiger partial charge in [-0.2, -0.15) is 5.26 Å². The highest BCUT2D eigenvalue weighted by Crippen LogP contribution is 2.36. The van der Waals surface area contributed by atoms with E-state index >= 15 is 0 Å². The molecule has 0 bridgehead atoms. The van der Waals surface area contributed by atoms with Crippen LogP contribution in [0.1, 0.15) is 5.56 Å². The first-order valence-corrected chi connectivity index (χ1v) is 6.14. The molecule has 0 saturated heterocycles. The molecule has 88 valence electrons. The number of nitriles is 1. The van der Waals surface area contributed by atoms with Crippen molar-refractivity contribution in [3.63, 3.8) is 0 Å². The summed E-state index contributed by atoms with van der Waals surface area (Å²) in [6, 6.07) is 18.4. The SMILES string of the molecule is N#Cc1cc2ccc3cc(N)cc4ccc(c1)c2c34. The maximum absolute atomic E-state index is 9.09. The van der Waals surface area contributed by atoms with Gasteiger partial charge in [0.25, 0.3) is 0 Å². The smallest absolute Gasteiger partial charge is 0.0992 e. The van der Waals surface area contributed by atoms with Crippen molar-refractivity contribution in [2.75, 3.05) is 5.73 Å². The molecule has 19 heavy (non-hydrogen) atoms. The van der Waals surface area contributed by atoms with Crippen LogP contribution >= 0.6 is 0 Å². The van der Waals surface area contributed by atoms with Crippen molar-refractivity contribution in [2.24, 2.45) is 0 Å². The van der Waals surface area contributed by atoms with E-state index in [4.69, 9.17) is 11.0 Å². The first-order valence-electron chi connectivity index (χ1n) is 6.14. The Labute approximate surface area is 110 Å². The van der Waals surface area contributed by atoms with E-state index in [9.17, 15) is 0 Å². The van der Waals surface area contributed by atoms with Crippen LogP contribution < -0.4 is 5.73 Å². The summed E-state index contributed by atoms with van der Waals surface area (Å²) in [6.07, 6.45) is 0. The van der Waals surface area contributed by atoms with E-state index in [1.165, 1.54) is 10.8 Å². The summed E-state index contributed by atoms with van der Waals surface area (Å²) in [5, 5.41) is 16.1. The van der Waals surface area contributed by atoms with Crippen LogP contribution in [0, 0.1) is 11.3 Å². The maximum atomic E-state index is 9.09. The van der Waals surface area contributed by atoms with E-state index in [1.54, 1.807) is 0 Å². The maximum Gasteiger partial charge on any atom is 0.0992 e. The van der Waals surface area contributed by atoms with Gasteiger partial charge in [0.05, 0.1) is 11.6 Å². The number of nitrogen functional groups attached to an aromatic ring is 1. The molecule has 2 N–H and O–H groups in total. The summed E-state index contributed by atoms with van der Waals surface area (Å²) >= 11 is 0. The molecule has 2 nitrogen and oxygen atoms in total. The second-order valence-electron chi connectivity index (χ2n) is 4.88. The summed E-state index contributed by atoms with van der Waals surface area (Å²) in [5.74, 6) is 0. The summed E-state index contributed by atoms with van der Waals surface area (Å²) < 4.78 is 0. The van der Waals surface area contributed by atoms with Crippen molar-refractivity contribution in [3.05, 3.63) is 54.1 Å². The van der Waals surface area contributed by atoms with E-state index < -0.39 is 0 Å². The molecule has 0 heterocycles. The lowest BCUT2D eigenvalue weighted by Crippen LogP contribution is -1.89. The third-order valence-electron chi connectivity index (χ3n) is 3.69. The van der Waals surface area contributed by atoms with E-state index in [0.717, 1.165) is 27.2 Å². The molecule has 2 heteroatoms. The molecule has 0 atom stereocenters. The topological polar surface area (TPSA) is 49.8 Å². The highest BCUT2D eigenvalue weighted by atomic mass is 14.5. The second-order valence-corrected chi connectivity index (χ2v) is 4.88. The van der Waals surface area contributed by atoms with Gasteiger partial charge in [0.15, 0.2) is 0 Å². The molecule has 4 rings (SSSR count). The zero-order valence-electron chi connectivity index (χ0n) is 10.1. The standard InChI is InChI=1S/C17H10N2/c18-9-10-5-11-1-3-13-7-15(19)8-14-4-2-12(6-10)16(11)17(13)14/h1-8H,19H2. The zero-order valence-corrected chi connectivity index (χ0v) is 10.1. The van der Waals surface area contributed by atoms with Gasteiger partial charge in [-0.15, -0.1) is 0 Å². The molecule has 0 aliphatic carbocycles. The molecule has 0 spiro atoms. The number of hydrogen-bond donors (Lipinski definition) is 1. The summed E-state index contributed by atoms with van der Waals surface area (Å²) in [6.45, 7) is 0. The number of rotatable bonds is 0. The molecule has 0 aliphatic heterocycles. The lowest BCUT2D eigenvalue weighted by atomic mass is 9.93. The van der Waals surface area contributed by atoms with Crippen LogP contribution in [0.15, 0.2) is 48.5 Å². The van der Waals surface area contributed by atoms with Crippen molar-refractivity contribution in [1.82, 2.24) is 0 Å². The van der Waals surface area contributed by atoms with Crippen molar-refractivity contribution in [2.45, 2.75) is 0 Å². The van der Waals surface area contributed by atoms with Crippen LogP contribution in [-0.4, -0.2) is 0 Å². The van der Waals surface area contributed by atoms with Crippen LogP contribution in [0.3, 0.4) is 0 Å². The van der Waals surface area contributed by atoms with Crippen molar-refractivity contribution < 1.29 is 0 Å². The highest BCUT2D eigenvalue weighted by Gasteiger charge is 2.09. The van der Waals surface area contributed by atoms with E-state index in [1.807, 2.05) is 24.3 Å². The minimum Gasteiger partial charge on any atom is -0.399 e. The third-order valence-corrected chi connectivity index (χ3v) is 3.69. The normalized spacial score (nSPS) is 11.3. The molecular formula is C17H10N2. The average Bonchev–Trinajstić information content (AvgIpc) is 2.43. The fourth-order valence-electron chi connectivity index (χ4n) is 2.93. The van der Waals surface area contributed by atoms with Gasteiger partial charge in [-0.3, -0.25) is 0 Å². The number of anilines is 1. The molecule has 0 aliphatic rings. The fourth-order valence-corrected chi connectivity index (χ4v) is 2.93. The number of hydrogen-bond acceptors (Lipinski definition) is 2. The van der Waals surface area contributed by atoms with Crippen LogP contribution in [0.25, 0.3) is 32.3 Å². The van der Waals surface area contributed by atoms with Gasteiger partial charge in [0, 0.05) is 5.69 Å². The Bertz CT molecular complexity index is 910. The van der Waals surface area contributed by atoms with Crippen molar-refractivity contribution >= 4 is 38.0 Å².